The van der Waals surface area contributed by atoms with Gasteiger partial charge in [-0.25, -0.2) is 0 Å². The predicted octanol–water partition coefficient (Wildman–Crippen LogP) is 3.07. The molecule has 3 rings (SSSR count). The zero-order chi connectivity index (χ0) is 16.4. The molecule has 0 spiro atoms. The summed E-state index contributed by atoms with van der Waals surface area (Å²) in [4.78, 5) is 11.2. The number of piperidine rings is 1. The van der Waals surface area contributed by atoms with Crippen molar-refractivity contribution in [3.05, 3.63) is 57.6 Å². The van der Waals surface area contributed by atoms with Gasteiger partial charge in [-0.15, -0.1) is 0 Å². The van der Waals surface area contributed by atoms with Crippen LogP contribution in [0.15, 0.2) is 39.6 Å². The first kappa shape index (κ1) is 15.9. The lowest BCUT2D eigenvalue weighted by atomic mass is 9.87. The molecule has 2 aromatic rings. The van der Waals surface area contributed by atoms with E-state index >= 15 is 0 Å². The third kappa shape index (κ3) is 3.85. The quantitative estimate of drug-likeness (QED) is 0.911. The van der Waals surface area contributed by atoms with Crippen molar-refractivity contribution in [2.24, 2.45) is 0 Å². The van der Waals surface area contributed by atoms with Crippen LogP contribution in [0.5, 0.6) is 0 Å². The van der Waals surface area contributed by atoms with Gasteiger partial charge < -0.3 is 9.84 Å². The summed E-state index contributed by atoms with van der Waals surface area (Å²) in [5.74, 6) is 0.795. The van der Waals surface area contributed by atoms with Crippen LogP contribution >= 0.6 is 0 Å². The molecule has 23 heavy (non-hydrogen) atoms. The van der Waals surface area contributed by atoms with Gasteiger partial charge in [-0.2, -0.15) is 18.3 Å². The number of alkyl halides is 3. The van der Waals surface area contributed by atoms with E-state index in [9.17, 15) is 18.0 Å². The van der Waals surface area contributed by atoms with Crippen molar-refractivity contribution in [3.8, 4) is 0 Å². The topological polar surface area (TPSA) is 58.0 Å². The van der Waals surface area contributed by atoms with Gasteiger partial charge in [0, 0.05) is 18.0 Å². The average Bonchev–Trinajstić information content (AvgIpc) is 2.94. The Balaban J connectivity index is 1.64. The van der Waals surface area contributed by atoms with E-state index in [4.69, 9.17) is 4.52 Å². The van der Waals surface area contributed by atoms with Crippen molar-refractivity contribution in [2.45, 2.75) is 37.4 Å². The second-order valence-electron chi connectivity index (χ2n) is 5.89. The molecule has 0 amide bonds. The summed E-state index contributed by atoms with van der Waals surface area (Å²) in [6, 6.07) is 6.87. The van der Waals surface area contributed by atoms with Gasteiger partial charge in [-0.05, 0) is 43.5 Å². The number of nitrogens with one attached hydrogen (secondary N) is 2. The first-order valence-electron chi connectivity index (χ1n) is 7.50. The zero-order valence-corrected chi connectivity index (χ0v) is 12.3. The smallest absolute Gasteiger partial charge is 0.383 e. The van der Waals surface area contributed by atoms with Crippen LogP contribution in [0.2, 0.25) is 0 Å². The van der Waals surface area contributed by atoms with E-state index in [0.29, 0.717) is 12.2 Å². The van der Waals surface area contributed by atoms with Crippen LogP contribution in [0.3, 0.4) is 0 Å². The van der Waals surface area contributed by atoms with Crippen molar-refractivity contribution in [1.82, 2.24) is 10.5 Å². The lowest BCUT2D eigenvalue weighted by molar-refractivity contribution is -0.137. The van der Waals surface area contributed by atoms with Crippen LogP contribution in [-0.4, -0.2) is 17.7 Å². The van der Waals surface area contributed by atoms with E-state index in [1.807, 2.05) is 0 Å². The number of H-pyrrole nitrogens is 1. The van der Waals surface area contributed by atoms with E-state index in [0.717, 1.165) is 37.1 Å². The van der Waals surface area contributed by atoms with Gasteiger partial charge in [-0.1, -0.05) is 12.1 Å². The Morgan fingerprint density at radius 3 is 2.57 bits per heavy atom. The number of hydrogen-bond donors (Lipinski definition) is 2. The van der Waals surface area contributed by atoms with Gasteiger partial charge in [0.25, 0.3) is 5.56 Å². The molecule has 1 aromatic carbocycles. The maximum atomic E-state index is 12.6. The molecule has 0 saturated carbocycles. The van der Waals surface area contributed by atoms with Crippen molar-refractivity contribution < 1.29 is 17.7 Å². The Morgan fingerprint density at radius 2 is 1.96 bits per heavy atom. The minimum Gasteiger partial charge on any atom is -0.383 e. The second kappa shape index (κ2) is 6.23. The lowest BCUT2D eigenvalue weighted by Crippen LogP contribution is -2.38. The molecule has 1 fully saturated rings. The summed E-state index contributed by atoms with van der Waals surface area (Å²) in [6.45, 7) is 0.783. The molecular weight excluding hydrogens is 309 g/mol. The minimum absolute atomic E-state index is 0.144. The van der Waals surface area contributed by atoms with E-state index in [2.05, 4.69) is 10.5 Å². The molecule has 1 saturated heterocycles. The largest absolute Gasteiger partial charge is 0.416 e. The first-order chi connectivity index (χ1) is 10.9. The van der Waals surface area contributed by atoms with Crippen LogP contribution < -0.4 is 10.9 Å². The van der Waals surface area contributed by atoms with E-state index in [1.54, 1.807) is 0 Å². The highest BCUT2D eigenvalue weighted by Gasteiger charge is 2.30. The lowest BCUT2D eigenvalue weighted by Gasteiger charge is -2.29. The molecule has 1 aliphatic heterocycles. The molecule has 2 N–H and O–H groups in total. The highest BCUT2D eigenvalue weighted by Crippen LogP contribution is 2.30. The normalized spacial score (nSPS) is 22.2. The maximum Gasteiger partial charge on any atom is 0.416 e. The average molecular weight is 326 g/mol. The summed E-state index contributed by atoms with van der Waals surface area (Å²) in [5, 5.41) is 5.66. The molecule has 0 aliphatic carbocycles. The fraction of sp³-hybridized carbons (Fsp3) is 0.438. The Bertz CT molecular complexity index is 703. The van der Waals surface area contributed by atoms with Gasteiger partial charge in [-0.3, -0.25) is 4.79 Å². The van der Waals surface area contributed by atoms with Crippen molar-refractivity contribution in [2.75, 3.05) is 6.54 Å². The van der Waals surface area contributed by atoms with Crippen LogP contribution in [0.1, 0.15) is 35.6 Å². The molecule has 2 atom stereocenters. The van der Waals surface area contributed by atoms with E-state index < -0.39 is 11.7 Å². The van der Waals surface area contributed by atoms with E-state index in [1.165, 1.54) is 18.2 Å². The summed E-state index contributed by atoms with van der Waals surface area (Å²) >= 11 is 0. The van der Waals surface area contributed by atoms with Crippen molar-refractivity contribution in [1.29, 1.82) is 0 Å². The molecule has 0 unspecified atom stereocenters. The molecule has 1 aromatic heterocycles. The summed E-state index contributed by atoms with van der Waals surface area (Å²) < 4.78 is 42.9. The molecule has 2 heterocycles. The summed E-state index contributed by atoms with van der Waals surface area (Å²) in [6.07, 6.45) is -2.02. The Morgan fingerprint density at radius 1 is 1.22 bits per heavy atom. The number of aromatic amines is 1. The highest BCUT2D eigenvalue weighted by atomic mass is 19.4. The molecule has 0 radical (unpaired) electrons. The van der Waals surface area contributed by atoms with Crippen molar-refractivity contribution >= 4 is 0 Å². The van der Waals surface area contributed by atoms with E-state index in [-0.39, 0.29) is 17.5 Å². The minimum atomic E-state index is -4.31. The molecule has 1 aliphatic rings. The van der Waals surface area contributed by atoms with Crippen LogP contribution in [0.25, 0.3) is 0 Å². The molecule has 0 bridgehead atoms. The molecule has 124 valence electrons. The first-order valence-corrected chi connectivity index (χ1v) is 7.50. The number of aromatic nitrogens is 1. The SMILES string of the molecule is O=c1cc([C@H]2CCN[C@H](Cc3ccc(C(F)(F)F)cc3)C2)o[nH]1. The predicted molar refractivity (Wildman–Crippen MR) is 78.2 cm³/mol. The molecule has 7 heteroatoms. The number of hydrogen-bond acceptors (Lipinski definition) is 3. The standard InChI is InChI=1S/C16H17F3N2O2/c17-16(18,19)12-3-1-10(2-4-12)7-13-8-11(5-6-20-13)14-9-15(22)21-23-14/h1-4,9,11,13,20H,5-8H2,(H,21,22)/t11-,13+/m0/s1. The van der Waals surface area contributed by atoms with Gasteiger partial charge in [0.05, 0.1) is 5.56 Å². The van der Waals surface area contributed by atoms with Crippen LogP contribution in [0.4, 0.5) is 13.2 Å². The number of halogens is 3. The summed E-state index contributed by atoms with van der Waals surface area (Å²) in [5.41, 5.74) is -0.0330. The van der Waals surface area contributed by atoms with Crippen molar-refractivity contribution in [3.63, 3.8) is 0 Å². The monoisotopic (exact) mass is 326 g/mol. The van der Waals surface area contributed by atoms with Gasteiger partial charge in [0.15, 0.2) is 0 Å². The molecular formula is C16H17F3N2O2. The van der Waals surface area contributed by atoms with Gasteiger partial charge >= 0.3 is 6.18 Å². The highest BCUT2D eigenvalue weighted by molar-refractivity contribution is 5.25. The Labute approximate surface area is 130 Å². The van der Waals surface area contributed by atoms with Crippen LogP contribution in [-0.2, 0) is 12.6 Å². The van der Waals surface area contributed by atoms with Gasteiger partial charge in [0.1, 0.15) is 5.76 Å². The Kier molecular flexibility index (Phi) is 4.30. The Hall–Kier alpha value is -2.02. The zero-order valence-electron chi connectivity index (χ0n) is 12.3. The molecule has 4 nitrogen and oxygen atoms in total. The van der Waals surface area contributed by atoms with Crippen LogP contribution in [0, 0.1) is 0 Å². The fourth-order valence-electron chi connectivity index (χ4n) is 3.03. The third-order valence-electron chi connectivity index (χ3n) is 4.20. The number of rotatable bonds is 3. The summed E-state index contributed by atoms with van der Waals surface area (Å²) in [7, 11) is 0. The number of benzene rings is 1. The van der Waals surface area contributed by atoms with Gasteiger partial charge in [0.2, 0.25) is 0 Å². The third-order valence-corrected chi connectivity index (χ3v) is 4.20. The fourth-order valence-corrected chi connectivity index (χ4v) is 3.03. The maximum absolute atomic E-state index is 12.6. The second-order valence-corrected chi connectivity index (χ2v) is 5.89.